The topological polar surface area (TPSA) is 43.4 Å². The van der Waals surface area contributed by atoms with Crippen LogP contribution in [-0.4, -0.2) is 14.5 Å². The monoisotopic (exact) mass is 288 g/mol. The summed E-state index contributed by atoms with van der Waals surface area (Å²) in [6.45, 7) is 1.92. The summed E-state index contributed by atoms with van der Waals surface area (Å²) in [6.07, 6.45) is 11.4. The molecule has 0 amide bonds. The van der Waals surface area contributed by atoms with Gasteiger partial charge in [-0.1, -0.05) is 54.2 Å². The van der Waals surface area contributed by atoms with Gasteiger partial charge >= 0.3 is 0 Å². The number of fused-ring (bicyclic) bond motifs is 2. The first-order chi connectivity index (χ1) is 9.56. The Hall–Kier alpha value is -1.65. The lowest BCUT2D eigenvalue weighted by molar-refractivity contribution is 0.170. The normalized spacial score (nSPS) is 27.8. The average Bonchev–Trinajstić information content (AvgIpc) is 2.62. The fourth-order valence-corrected chi connectivity index (χ4v) is 3.63. The lowest BCUT2D eigenvalue weighted by atomic mass is 10.0. The van der Waals surface area contributed by atoms with Gasteiger partial charge in [-0.3, -0.25) is 4.18 Å². The van der Waals surface area contributed by atoms with Gasteiger partial charge in [-0.05, 0) is 19.1 Å². The molecule has 0 saturated carbocycles. The molecule has 0 N–H and O–H groups in total. The first kappa shape index (κ1) is 13.3. The molecule has 4 heteroatoms. The van der Waals surface area contributed by atoms with Crippen LogP contribution < -0.4 is 0 Å². The van der Waals surface area contributed by atoms with E-state index in [1.165, 1.54) is 0 Å². The molecule has 1 aromatic rings. The minimum Gasteiger partial charge on any atom is -0.261 e. The van der Waals surface area contributed by atoms with Gasteiger partial charge < -0.3 is 0 Å². The molecule has 104 valence electrons. The van der Waals surface area contributed by atoms with Crippen molar-refractivity contribution in [2.24, 2.45) is 11.8 Å². The van der Waals surface area contributed by atoms with Gasteiger partial charge in [0.15, 0.2) is 0 Å². The highest BCUT2D eigenvalue weighted by Gasteiger charge is 2.34. The van der Waals surface area contributed by atoms with E-state index in [1.807, 2.05) is 43.4 Å². The van der Waals surface area contributed by atoms with Crippen LogP contribution in [0.15, 0.2) is 65.6 Å². The molecule has 0 unspecified atom stereocenters. The maximum atomic E-state index is 12.3. The van der Waals surface area contributed by atoms with Crippen LogP contribution in [0.2, 0.25) is 0 Å². The second-order valence-electron chi connectivity index (χ2n) is 5.14. The molecule has 0 saturated heterocycles. The zero-order valence-corrected chi connectivity index (χ0v) is 12.0. The van der Waals surface area contributed by atoms with Crippen molar-refractivity contribution < 1.29 is 12.6 Å². The molecular formula is C16H16O3S. The first-order valence-electron chi connectivity index (χ1n) is 6.59. The zero-order valence-electron chi connectivity index (χ0n) is 11.1. The Labute approximate surface area is 119 Å². The van der Waals surface area contributed by atoms with Crippen LogP contribution in [-0.2, 0) is 14.3 Å². The van der Waals surface area contributed by atoms with Gasteiger partial charge in [0, 0.05) is 11.8 Å². The molecule has 0 radical (unpaired) electrons. The van der Waals surface area contributed by atoms with E-state index in [0.717, 1.165) is 5.56 Å². The van der Waals surface area contributed by atoms with Crippen LogP contribution in [0.4, 0.5) is 0 Å². The number of rotatable bonds is 3. The minimum atomic E-state index is -3.73. The van der Waals surface area contributed by atoms with Gasteiger partial charge in [-0.2, -0.15) is 8.42 Å². The Morgan fingerprint density at radius 2 is 1.45 bits per heavy atom. The predicted molar refractivity (Wildman–Crippen MR) is 77.6 cm³/mol. The summed E-state index contributed by atoms with van der Waals surface area (Å²) < 4.78 is 30.2. The highest BCUT2D eigenvalue weighted by Crippen LogP contribution is 2.33. The highest BCUT2D eigenvalue weighted by molar-refractivity contribution is 7.86. The standard InChI is InChI=1S/C16H16O3S/c1-12-6-10-15(11-7-12)20(17,18)19-16-13-4-2-3-5-14(16)9-8-13/h2-11,13-14,16H,1H3/t13-,14-/m0/s1. The summed E-state index contributed by atoms with van der Waals surface area (Å²) in [7, 11) is -3.73. The SMILES string of the molecule is Cc1ccc(S(=O)(=O)OC2[C@H]3C=CC=C[C@H]2C=C3)cc1. The van der Waals surface area contributed by atoms with E-state index in [1.54, 1.807) is 24.3 Å². The Kier molecular flexibility index (Phi) is 3.36. The molecule has 0 spiro atoms. The van der Waals surface area contributed by atoms with Crippen LogP contribution in [0, 0.1) is 18.8 Å². The summed E-state index contributed by atoms with van der Waals surface area (Å²) in [4.78, 5) is 0.208. The van der Waals surface area contributed by atoms with Crippen LogP contribution in [0.25, 0.3) is 0 Å². The molecule has 20 heavy (non-hydrogen) atoms. The molecule has 0 aliphatic heterocycles. The van der Waals surface area contributed by atoms with Crippen LogP contribution >= 0.6 is 0 Å². The second-order valence-corrected chi connectivity index (χ2v) is 6.71. The molecule has 2 bridgehead atoms. The largest absolute Gasteiger partial charge is 0.297 e. The maximum Gasteiger partial charge on any atom is 0.297 e. The van der Waals surface area contributed by atoms with E-state index in [9.17, 15) is 8.42 Å². The van der Waals surface area contributed by atoms with Crippen molar-refractivity contribution in [1.29, 1.82) is 0 Å². The summed E-state index contributed by atoms with van der Waals surface area (Å²) in [5.41, 5.74) is 1.02. The third kappa shape index (κ3) is 2.49. The van der Waals surface area contributed by atoms with Crippen LogP contribution in [0.1, 0.15) is 5.56 Å². The highest BCUT2D eigenvalue weighted by atomic mass is 32.2. The van der Waals surface area contributed by atoms with Crippen LogP contribution in [0.3, 0.4) is 0 Å². The van der Waals surface area contributed by atoms with Crippen molar-refractivity contribution in [3.05, 3.63) is 66.3 Å². The Bertz CT molecular complexity index is 659. The van der Waals surface area contributed by atoms with Gasteiger partial charge in [-0.15, -0.1) is 0 Å². The van der Waals surface area contributed by atoms with Crippen molar-refractivity contribution in [2.75, 3.05) is 0 Å². The van der Waals surface area contributed by atoms with Crippen molar-refractivity contribution >= 4 is 10.1 Å². The van der Waals surface area contributed by atoms with Gasteiger partial charge in [0.1, 0.15) is 0 Å². The molecule has 1 aromatic carbocycles. The van der Waals surface area contributed by atoms with Gasteiger partial charge in [0.2, 0.25) is 0 Å². The zero-order chi connectivity index (χ0) is 14.2. The van der Waals surface area contributed by atoms with Crippen molar-refractivity contribution in [1.82, 2.24) is 0 Å². The van der Waals surface area contributed by atoms with E-state index < -0.39 is 10.1 Å². The molecule has 2 aliphatic carbocycles. The van der Waals surface area contributed by atoms with Crippen molar-refractivity contribution in [3.63, 3.8) is 0 Å². The average molecular weight is 288 g/mol. The molecule has 3 nitrogen and oxygen atoms in total. The summed E-state index contributed by atoms with van der Waals surface area (Å²) >= 11 is 0. The van der Waals surface area contributed by atoms with E-state index in [0.29, 0.717) is 0 Å². The van der Waals surface area contributed by atoms with E-state index in [2.05, 4.69) is 0 Å². The summed E-state index contributed by atoms with van der Waals surface area (Å²) in [6, 6.07) is 6.72. The molecule has 0 heterocycles. The first-order valence-corrected chi connectivity index (χ1v) is 8.00. The molecular weight excluding hydrogens is 272 g/mol. The lowest BCUT2D eigenvalue weighted by Crippen LogP contribution is -2.27. The maximum absolute atomic E-state index is 12.3. The predicted octanol–water partition coefficient (Wildman–Crippen LogP) is 3.00. The second kappa shape index (κ2) is 5.04. The molecule has 0 fully saturated rings. The van der Waals surface area contributed by atoms with E-state index in [-0.39, 0.29) is 22.8 Å². The van der Waals surface area contributed by atoms with Gasteiger partial charge in [0.25, 0.3) is 10.1 Å². The molecule has 3 rings (SSSR count). The number of aryl methyl sites for hydroxylation is 1. The number of hydrogen-bond acceptors (Lipinski definition) is 3. The van der Waals surface area contributed by atoms with Crippen LogP contribution in [0.5, 0.6) is 0 Å². The molecule has 2 atom stereocenters. The Balaban J connectivity index is 1.86. The summed E-state index contributed by atoms with van der Waals surface area (Å²) in [5, 5.41) is 0. The quantitative estimate of drug-likeness (QED) is 0.634. The smallest absolute Gasteiger partial charge is 0.261 e. The number of allylic oxidation sites excluding steroid dienone is 2. The van der Waals surface area contributed by atoms with Gasteiger partial charge in [0.05, 0.1) is 11.0 Å². The fraction of sp³-hybridized carbons (Fsp3) is 0.250. The number of benzene rings is 1. The van der Waals surface area contributed by atoms with E-state index in [4.69, 9.17) is 4.18 Å². The third-order valence-corrected chi connectivity index (χ3v) is 4.96. The third-order valence-electron chi connectivity index (χ3n) is 3.64. The lowest BCUT2D eigenvalue weighted by Gasteiger charge is -2.20. The minimum absolute atomic E-state index is 0.00947. The summed E-state index contributed by atoms with van der Waals surface area (Å²) in [5.74, 6) is 0.0189. The van der Waals surface area contributed by atoms with Crippen molar-refractivity contribution in [2.45, 2.75) is 17.9 Å². The molecule has 2 aliphatic rings. The number of hydrogen-bond donors (Lipinski definition) is 0. The molecule has 0 aromatic heterocycles. The van der Waals surface area contributed by atoms with Gasteiger partial charge in [-0.25, -0.2) is 0 Å². The Morgan fingerprint density at radius 3 is 2.00 bits per heavy atom. The Morgan fingerprint density at radius 1 is 0.900 bits per heavy atom. The fourth-order valence-electron chi connectivity index (χ4n) is 2.50. The van der Waals surface area contributed by atoms with Crippen molar-refractivity contribution in [3.8, 4) is 0 Å². The van der Waals surface area contributed by atoms with E-state index >= 15 is 0 Å².